The Morgan fingerprint density at radius 3 is 2.74 bits per heavy atom. The summed E-state index contributed by atoms with van der Waals surface area (Å²) in [6, 6.07) is 8.49. The van der Waals surface area contributed by atoms with Gasteiger partial charge in [-0.2, -0.15) is 0 Å². The molecule has 0 radical (unpaired) electrons. The van der Waals surface area contributed by atoms with Crippen LogP contribution < -0.4 is 5.73 Å². The second-order valence-electron chi connectivity index (χ2n) is 4.20. The summed E-state index contributed by atoms with van der Waals surface area (Å²) in [6.45, 7) is 1.88. The van der Waals surface area contributed by atoms with Crippen molar-refractivity contribution in [1.29, 1.82) is 0 Å². The highest BCUT2D eigenvalue weighted by Crippen LogP contribution is 2.24. The molecule has 0 fully saturated rings. The van der Waals surface area contributed by atoms with E-state index < -0.39 is 0 Å². The van der Waals surface area contributed by atoms with Crippen molar-refractivity contribution in [1.82, 2.24) is 14.5 Å². The summed E-state index contributed by atoms with van der Waals surface area (Å²) in [6.07, 6.45) is 0. The third-order valence-electron chi connectivity index (χ3n) is 2.83. The van der Waals surface area contributed by atoms with Gasteiger partial charge in [0.2, 0.25) is 5.95 Å². The molecule has 3 rings (SSSR count). The van der Waals surface area contributed by atoms with E-state index in [2.05, 4.69) is 25.9 Å². The van der Waals surface area contributed by atoms with Crippen LogP contribution in [0.25, 0.3) is 16.9 Å². The first-order chi connectivity index (χ1) is 9.06. The summed E-state index contributed by atoms with van der Waals surface area (Å²) in [4.78, 5) is 8.64. The molecule has 0 aliphatic heterocycles. The van der Waals surface area contributed by atoms with Gasteiger partial charge in [0.1, 0.15) is 11.3 Å². The number of anilines is 1. The molecule has 0 saturated carbocycles. The number of hydrogen-bond acceptors (Lipinski definition) is 3. The van der Waals surface area contributed by atoms with Crippen LogP contribution in [0, 0.1) is 12.7 Å². The van der Waals surface area contributed by atoms with Gasteiger partial charge in [-0.15, -0.1) is 0 Å². The Balaban J connectivity index is 2.31. The van der Waals surface area contributed by atoms with E-state index in [0.29, 0.717) is 21.3 Å². The van der Waals surface area contributed by atoms with Crippen LogP contribution in [0.5, 0.6) is 0 Å². The van der Waals surface area contributed by atoms with Gasteiger partial charge < -0.3 is 5.73 Å². The minimum Gasteiger partial charge on any atom is -0.369 e. The molecule has 96 valence electrons. The molecule has 2 aromatic heterocycles. The van der Waals surface area contributed by atoms with Crippen molar-refractivity contribution in [2.45, 2.75) is 6.92 Å². The molecule has 6 heteroatoms. The van der Waals surface area contributed by atoms with E-state index in [4.69, 9.17) is 5.73 Å². The number of hydrogen-bond donors (Lipinski definition) is 1. The molecule has 0 unspecified atom stereocenters. The van der Waals surface area contributed by atoms with Crippen LogP contribution in [0.2, 0.25) is 0 Å². The average Bonchev–Trinajstić information content (AvgIpc) is 2.68. The van der Waals surface area contributed by atoms with Crippen LogP contribution in [0.15, 0.2) is 34.8 Å². The summed E-state index contributed by atoms with van der Waals surface area (Å²) in [5.41, 5.74) is 8.66. The van der Waals surface area contributed by atoms with Crippen LogP contribution in [0.4, 0.5) is 10.3 Å². The zero-order valence-electron chi connectivity index (χ0n) is 10.1. The van der Waals surface area contributed by atoms with Crippen LogP contribution in [-0.2, 0) is 0 Å². The number of nitrogens with two attached hydrogens (primary N) is 1. The highest BCUT2D eigenvalue weighted by Gasteiger charge is 2.12. The van der Waals surface area contributed by atoms with Gasteiger partial charge in [-0.05, 0) is 53.2 Å². The van der Waals surface area contributed by atoms with Crippen molar-refractivity contribution in [2.75, 3.05) is 5.73 Å². The quantitative estimate of drug-likeness (QED) is 0.749. The highest BCUT2D eigenvalue weighted by atomic mass is 79.9. The van der Waals surface area contributed by atoms with E-state index in [1.807, 2.05) is 19.1 Å². The Labute approximate surface area is 117 Å². The number of rotatable bonds is 1. The zero-order chi connectivity index (χ0) is 13.6. The number of nitrogen functional groups attached to an aromatic ring is 1. The fourth-order valence-electron chi connectivity index (χ4n) is 1.95. The number of halogens is 2. The van der Waals surface area contributed by atoms with E-state index in [1.165, 1.54) is 6.07 Å². The normalized spacial score (nSPS) is 11.1. The first kappa shape index (κ1) is 12.1. The van der Waals surface area contributed by atoms with Gasteiger partial charge >= 0.3 is 0 Å². The van der Waals surface area contributed by atoms with E-state index in [0.717, 1.165) is 5.69 Å². The average molecular weight is 321 g/mol. The van der Waals surface area contributed by atoms with Crippen LogP contribution in [-0.4, -0.2) is 14.5 Å². The van der Waals surface area contributed by atoms with Gasteiger partial charge in [-0.1, -0.05) is 0 Å². The predicted octanol–water partition coefficient (Wildman–Crippen LogP) is 3.21. The second kappa shape index (κ2) is 4.31. The Bertz CT molecular complexity index is 782. The highest BCUT2D eigenvalue weighted by molar-refractivity contribution is 9.10. The SMILES string of the molecule is Cc1ccc2nc(N)n(-c3ccc(Br)c(F)c3)c2n1. The Morgan fingerprint density at radius 2 is 2.00 bits per heavy atom. The maximum atomic E-state index is 13.6. The molecule has 0 spiro atoms. The van der Waals surface area contributed by atoms with E-state index >= 15 is 0 Å². The fourth-order valence-corrected chi connectivity index (χ4v) is 2.19. The molecule has 4 nitrogen and oxygen atoms in total. The lowest BCUT2D eigenvalue weighted by Crippen LogP contribution is -2.02. The Morgan fingerprint density at radius 1 is 1.21 bits per heavy atom. The number of nitrogens with zero attached hydrogens (tertiary/aromatic N) is 3. The molecule has 0 atom stereocenters. The molecule has 0 amide bonds. The van der Waals surface area contributed by atoms with Crippen LogP contribution in [0.1, 0.15) is 5.69 Å². The monoisotopic (exact) mass is 320 g/mol. The van der Waals surface area contributed by atoms with E-state index in [-0.39, 0.29) is 11.8 Å². The van der Waals surface area contributed by atoms with Crippen molar-refractivity contribution in [3.8, 4) is 5.69 Å². The smallest absolute Gasteiger partial charge is 0.207 e. The fraction of sp³-hybridized carbons (Fsp3) is 0.0769. The molecule has 0 bridgehead atoms. The maximum Gasteiger partial charge on any atom is 0.207 e. The second-order valence-corrected chi connectivity index (χ2v) is 5.05. The summed E-state index contributed by atoms with van der Waals surface area (Å²) >= 11 is 3.13. The van der Waals surface area contributed by atoms with Gasteiger partial charge in [-0.25, -0.2) is 14.4 Å². The summed E-state index contributed by atoms with van der Waals surface area (Å²) in [7, 11) is 0. The zero-order valence-corrected chi connectivity index (χ0v) is 11.6. The first-order valence-electron chi connectivity index (χ1n) is 5.63. The summed E-state index contributed by atoms with van der Waals surface area (Å²) < 4.78 is 15.7. The van der Waals surface area contributed by atoms with Crippen molar-refractivity contribution >= 4 is 33.0 Å². The van der Waals surface area contributed by atoms with Crippen molar-refractivity contribution in [3.05, 3.63) is 46.3 Å². The summed E-state index contributed by atoms with van der Waals surface area (Å²) in [5.74, 6) is -0.0683. The van der Waals surface area contributed by atoms with Gasteiger partial charge in [-0.3, -0.25) is 4.57 Å². The molecule has 0 saturated heterocycles. The van der Waals surface area contributed by atoms with Crippen molar-refractivity contribution in [3.63, 3.8) is 0 Å². The summed E-state index contributed by atoms with van der Waals surface area (Å²) in [5, 5.41) is 0. The molecular formula is C13H10BrFN4. The van der Waals surface area contributed by atoms with Crippen LogP contribution >= 0.6 is 15.9 Å². The van der Waals surface area contributed by atoms with Gasteiger partial charge in [0.05, 0.1) is 10.2 Å². The first-order valence-corrected chi connectivity index (χ1v) is 6.42. The molecule has 2 heterocycles. The topological polar surface area (TPSA) is 56.7 Å². The number of benzene rings is 1. The number of aromatic nitrogens is 3. The Hall–Kier alpha value is -1.95. The molecule has 3 aromatic rings. The van der Waals surface area contributed by atoms with Gasteiger partial charge in [0, 0.05) is 5.69 Å². The van der Waals surface area contributed by atoms with Crippen LogP contribution in [0.3, 0.4) is 0 Å². The number of aryl methyl sites for hydroxylation is 1. The molecular weight excluding hydrogens is 311 g/mol. The molecule has 1 aromatic carbocycles. The number of pyridine rings is 1. The lowest BCUT2D eigenvalue weighted by Gasteiger charge is -2.06. The number of imidazole rings is 1. The van der Waals surface area contributed by atoms with Gasteiger partial charge in [0.15, 0.2) is 5.65 Å². The van der Waals surface area contributed by atoms with Crippen molar-refractivity contribution in [2.24, 2.45) is 0 Å². The lowest BCUT2D eigenvalue weighted by atomic mass is 10.3. The van der Waals surface area contributed by atoms with Crippen molar-refractivity contribution < 1.29 is 4.39 Å². The molecule has 0 aliphatic rings. The maximum absolute atomic E-state index is 13.6. The minimum atomic E-state index is -0.355. The standard InChI is InChI=1S/C13H10BrFN4/c1-7-2-5-11-12(17-7)19(13(16)18-11)8-3-4-9(14)10(15)6-8/h2-6H,1H3,(H2,16,18). The molecule has 0 aliphatic carbocycles. The van der Waals surface area contributed by atoms with E-state index in [9.17, 15) is 4.39 Å². The minimum absolute atomic E-state index is 0.287. The third-order valence-corrected chi connectivity index (χ3v) is 3.47. The number of fused-ring (bicyclic) bond motifs is 1. The molecule has 2 N–H and O–H groups in total. The molecule has 19 heavy (non-hydrogen) atoms. The largest absolute Gasteiger partial charge is 0.369 e. The van der Waals surface area contributed by atoms with E-state index in [1.54, 1.807) is 16.7 Å². The van der Waals surface area contributed by atoms with Gasteiger partial charge in [0.25, 0.3) is 0 Å². The predicted molar refractivity (Wildman–Crippen MR) is 75.7 cm³/mol. The third kappa shape index (κ3) is 1.98. The Kier molecular flexibility index (Phi) is 2.74. The lowest BCUT2D eigenvalue weighted by molar-refractivity contribution is 0.620.